The van der Waals surface area contributed by atoms with Crippen LogP contribution in [0.25, 0.3) is 10.8 Å². The zero-order chi connectivity index (χ0) is 27.5. The van der Waals surface area contributed by atoms with Crippen LogP contribution in [0, 0.1) is 17.0 Å². The number of thioether (sulfide) groups is 1. The van der Waals surface area contributed by atoms with E-state index < -0.39 is 10.8 Å². The van der Waals surface area contributed by atoms with Gasteiger partial charge in [-0.2, -0.15) is 0 Å². The van der Waals surface area contributed by atoms with E-state index in [0.29, 0.717) is 32.9 Å². The minimum Gasteiger partial charge on any atom is -0.506 e. The number of aromatic hydroxyl groups is 1. The summed E-state index contributed by atoms with van der Waals surface area (Å²) in [7, 11) is 1.71. The van der Waals surface area contributed by atoms with Crippen LogP contribution in [0.1, 0.15) is 21.5 Å². The molecule has 0 aliphatic carbocycles. The summed E-state index contributed by atoms with van der Waals surface area (Å²) in [6.45, 7) is 1.86. The van der Waals surface area contributed by atoms with Gasteiger partial charge in [0.25, 0.3) is 5.91 Å². The number of fused-ring (bicyclic) bond motifs is 1. The number of rotatable bonds is 8. The molecule has 0 aliphatic heterocycles. The molecule has 196 valence electrons. The van der Waals surface area contributed by atoms with Gasteiger partial charge in [0.1, 0.15) is 11.5 Å². The minimum atomic E-state index is -0.544. The van der Waals surface area contributed by atoms with E-state index in [0.717, 1.165) is 5.56 Å². The number of carbonyl (C=O) groups excluding carboxylic acids is 1. The van der Waals surface area contributed by atoms with E-state index in [2.05, 4.69) is 20.8 Å². The number of para-hydroxylation sites is 1. The molecule has 4 aromatic carbocycles. The number of phenolic OH excluding ortho intramolecular Hbond substituents is 1. The maximum Gasteiger partial charge on any atom is 0.311 e. The molecule has 0 unspecified atom stereocenters. The van der Waals surface area contributed by atoms with Crippen molar-refractivity contribution in [1.29, 1.82) is 0 Å². The number of nitrogens with zero attached hydrogens (tertiary/aromatic N) is 5. The van der Waals surface area contributed by atoms with Gasteiger partial charge in [-0.1, -0.05) is 60.3 Å². The fourth-order valence-electron chi connectivity index (χ4n) is 3.98. The number of aryl methyl sites for hydroxylation is 2. The van der Waals surface area contributed by atoms with Gasteiger partial charge in [-0.15, -0.1) is 5.10 Å². The number of anilines is 1. The molecule has 11 nitrogen and oxygen atoms in total. The van der Waals surface area contributed by atoms with Gasteiger partial charge in [-0.25, -0.2) is 4.68 Å². The standard InChI is InChI=1S/C27H22N6O5S/c1-16-7-3-6-10-21(16)28-26(35)20-14-24(18-8-4-5-9-19(18)25(20)34)38-23-12-11-17(13-22(23)33(36)37)15-39-27-29-30-31-32(27)2/h3-14,34H,15H2,1-2H3,(H,28,35). The molecule has 1 heterocycles. The molecule has 1 aromatic heterocycles. The number of hydrogen-bond acceptors (Lipinski definition) is 9. The summed E-state index contributed by atoms with van der Waals surface area (Å²) in [6, 6.07) is 20.1. The molecule has 12 heteroatoms. The van der Waals surface area contributed by atoms with E-state index in [4.69, 9.17) is 4.74 Å². The van der Waals surface area contributed by atoms with E-state index in [-0.39, 0.29) is 28.5 Å². The van der Waals surface area contributed by atoms with Crippen LogP contribution in [0.5, 0.6) is 17.2 Å². The minimum absolute atomic E-state index is 0.00446. The highest BCUT2D eigenvalue weighted by Crippen LogP contribution is 2.41. The van der Waals surface area contributed by atoms with Gasteiger partial charge in [-0.3, -0.25) is 14.9 Å². The molecule has 0 bridgehead atoms. The largest absolute Gasteiger partial charge is 0.506 e. The Morgan fingerprint density at radius 1 is 1.08 bits per heavy atom. The number of benzene rings is 4. The molecular weight excluding hydrogens is 520 g/mol. The highest BCUT2D eigenvalue weighted by Gasteiger charge is 2.22. The van der Waals surface area contributed by atoms with Crippen molar-refractivity contribution in [2.45, 2.75) is 17.8 Å². The van der Waals surface area contributed by atoms with E-state index in [9.17, 15) is 20.0 Å². The maximum absolute atomic E-state index is 13.2. The molecular formula is C27H22N6O5S. The Morgan fingerprint density at radius 2 is 1.82 bits per heavy atom. The summed E-state index contributed by atoms with van der Waals surface area (Å²) in [4.78, 5) is 24.6. The van der Waals surface area contributed by atoms with Crippen LogP contribution in [0.15, 0.2) is 78.0 Å². The summed E-state index contributed by atoms with van der Waals surface area (Å²) in [6.07, 6.45) is 0. The van der Waals surface area contributed by atoms with Crippen molar-refractivity contribution < 1.29 is 19.6 Å². The molecule has 1 amide bonds. The lowest BCUT2D eigenvalue weighted by molar-refractivity contribution is -0.385. The van der Waals surface area contributed by atoms with E-state index in [1.54, 1.807) is 49.5 Å². The Balaban J connectivity index is 1.49. The van der Waals surface area contributed by atoms with E-state index in [1.807, 2.05) is 19.1 Å². The predicted molar refractivity (Wildman–Crippen MR) is 146 cm³/mol. The summed E-state index contributed by atoms with van der Waals surface area (Å²) >= 11 is 1.34. The molecule has 0 saturated heterocycles. The first-order valence-corrected chi connectivity index (χ1v) is 12.7. The lowest BCUT2D eigenvalue weighted by Gasteiger charge is -2.15. The van der Waals surface area contributed by atoms with Crippen LogP contribution in [0.2, 0.25) is 0 Å². The van der Waals surface area contributed by atoms with Gasteiger partial charge in [0.05, 0.1) is 10.5 Å². The van der Waals surface area contributed by atoms with Crippen molar-refractivity contribution in [2.75, 3.05) is 5.32 Å². The van der Waals surface area contributed by atoms with Crippen molar-refractivity contribution in [3.63, 3.8) is 0 Å². The second-order valence-electron chi connectivity index (χ2n) is 8.62. The normalized spacial score (nSPS) is 10.9. The fourth-order valence-corrected chi connectivity index (χ4v) is 4.77. The van der Waals surface area contributed by atoms with Crippen LogP contribution in [0.3, 0.4) is 0 Å². The topological polar surface area (TPSA) is 145 Å². The number of aromatic nitrogens is 4. The first-order valence-electron chi connectivity index (χ1n) is 11.7. The zero-order valence-corrected chi connectivity index (χ0v) is 21.7. The van der Waals surface area contributed by atoms with Crippen molar-refractivity contribution in [3.05, 3.63) is 99.6 Å². The Morgan fingerprint density at radius 3 is 2.54 bits per heavy atom. The molecule has 0 radical (unpaired) electrons. The van der Waals surface area contributed by atoms with Crippen LogP contribution in [-0.4, -0.2) is 36.1 Å². The summed E-state index contributed by atoms with van der Waals surface area (Å²) < 4.78 is 7.57. The van der Waals surface area contributed by atoms with Crippen molar-refractivity contribution >= 4 is 39.8 Å². The molecule has 5 rings (SSSR count). The number of amides is 1. The second-order valence-corrected chi connectivity index (χ2v) is 9.56. The molecule has 0 atom stereocenters. The van der Waals surface area contributed by atoms with Crippen molar-refractivity contribution in [1.82, 2.24) is 20.2 Å². The maximum atomic E-state index is 13.2. The van der Waals surface area contributed by atoms with E-state index in [1.165, 1.54) is 34.6 Å². The average molecular weight is 543 g/mol. The first-order chi connectivity index (χ1) is 18.8. The monoisotopic (exact) mass is 542 g/mol. The number of ether oxygens (including phenoxy) is 1. The molecule has 0 fully saturated rings. The van der Waals surface area contributed by atoms with Crippen molar-refractivity contribution in [2.24, 2.45) is 7.05 Å². The summed E-state index contributed by atoms with van der Waals surface area (Å²) in [5.74, 6) is -0.175. The first kappa shape index (κ1) is 25.7. The Labute approximate surface area is 226 Å². The molecule has 0 spiro atoms. The Hall–Kier alpha value is -4.97. The molecule has 39 heavy (non-hydrogen) atoms. The van der Waals surface area contributed by atoms with E-state index >= 15 is 0 Å². The number of phenols is 1. The number of hydrogen-bond donors (Lipinski definition) is 2. The molecule has 0 saturated carbocycles. The number of nitro benzene ring substituents is 1. The third-order valence-corrected chi connectivity index (χ3v) is 7.09. The van der Waals surface area contributed by atoms with Crippen LogP contribution >= 0.6 is 11.8 Å². The average Bonchev–Trinajstić information content (AvgIpc) is 3.35. The van der Waals surface area contributed by atoms with Gasteiger partial charge in [0, 0.05) is 35.3 Å². The number of nitro groups is 1. The Kier molecular flexibility index (Phi) is 7.10. The van der Waals surface area contributed by atoms with Gasteiger partial charge in [0.2, 0.25) is 10.9 Å². The summed E-state index contributed by atoms with van der Waals surface area (Å²) in [5, 5.41) is 38.4. The molecule has 2 N–H and O–H groups in total. The molecule has 5 aromatic rings. The highest BCUT2D eigenvalue weighted by atomic mass is 32.2. The van der Waals surface area contributed by atoms with Crippen LogP contribution in [-0.2, 0) is 12.8 Å². The molecule has 0 aliphatic rings. The zero-order valence-electron chi connectivity index (χ0n) is 20.9. The van der Waals surface area contributed by atoms with Gasteiger partial charge >= 0.3 is 5.69 Å². The van der Waals surface area contributed by atoms with Gasteiger partial charge < -0.3 is 15.2 Å². The smallest absolute Gasteiger partial charge is 0.311 e. The van der Waals surface area contributed by atoms with Gasteiger partial charge in [0.15, 0.2) is 0 Å². The van der Waals surface area contributed by atoms with Crippen molar-refractivity contribution in [3.8, 4) is 17.2 Å². The SMILES string of the molecule is Cc1ccccc1NC(=O)c1cc(Oc2ccc(CSc3nnnn3C)cc2[N+](=O)[O-])c2ccccc2c1O. The second kappa shape index (κ2) is 10.8. The fraction of sp³-hybridized carbons (Fsp3) is 0.111. The third kappa shape index (κ3) is 5.36. The lowest BCUT2D eigenvalue weighted by atomic mass is 10.0. The lowest BCUT2D eigenvalue weighted by Crippen LogP contribution is -2.13. The summed E-state index contributed by atoms with van der Waals surface area (Å²) in [5.41, 5.74) is 1.86. The quantitative estimate of drug-likeness (QED) is 0.145. The third-order valence-electron chi connectivity index (χ3n) is 6.01. The van der Waals surface area contributed by atoms with Gasteiger partial charge in [-0.05, 0) is 46.7 Å². The number of nitrogens with one attached hydrogen (secondary N) is 1. The number of tetrazole rings is 1. The predicted octanol–water partition coefficient (Wildman–Crippen LogP) is 5.62. The van der Waals surface area contributed by atoms with Crippen LogP contribution < -0.4 is 10.1 Å². The number of carbonyl (C=O) groups is 1. The van der Waals surface area contributed by atoms with Crippen LogP contribution in [0.4, 0.5) is 11.4 Å². The Bertz CT molecular complexity index is 1720. The highest BCUT2D eigenvalue weighted by molar-refractivity contribution is 7.98.